The summed E-state index contributed by atoms with van der Waals surface area (Å²) in [6, 6.07) is 5.32. The lowest BCUT2D eigenvalue weighted by molar-refractivity contribution is -0.0102. The van der Waals surface area contributed by atoms with Gasteiger partial charge in [-0.1, -0.05) is 75.7 Å². The zero-order valence-corrected chi connectivity index (χ0v) is 16.5. The molecule has 1 aromatic rings. The van der Waals surface area contributed by atoms with Crippen molar-refractivity contribution in [2.45, 2.75) is 57.6 Å². The van der Waals surface area contributed by atoms with Gasteiger partial charge in [0.25, 0.3) is 0 Å². The van der Waals surface area contributed by atoms with Gasteiger partial charge in [-0.3, -0.25) is 4.57 Å². The number of aliphatic hydroxyl groups is 1. The van der Waals surface area contributed by atoms with Crippen molar-refractivity contribution in [1.29, 1.82) is 0 Å². The summed E-state index contributed by atoms with van der Waals surface area (Å²) >= 11 is 3.40. The molecule has 0 amide bonds. The summed E-state index contributed by atoms with van der Waals surface area (Å²) in [6.45, 7) is 10.8. The van der Waals surface area contributed by atoms with Crippen LogP contribution in [0.5, 0.6) is 0 Å². The van der Waals surface area contributed by atoms with Crippen LogP contribution < -0.4 is 0 Å². The van der Waals surface area contributed by atoms with Crippen molar-refractivity contribution in [3.8, 4) is 0 Å². The SMILES string of the molecule is CC(C)(C)c1cc(CBr)ccc1C(O)(C(C)(C)C)P(=O)(O)O. The van der Waals surface area contributed by atoms with E-state index >= 15 is 0 Å². The maximum atomic E-state index is 12.2. The first-order valence-corrected chi connectivity index (χ1v) is 9.87. The molecule has 0 aromatic heterocycles. The molecule has 22 heavy (non-hydrogen) atoms. The zero-order chi connectivity index (χ0) is 17.6. The maximum Gasteiger partial charge on any atom is 0.361 e. The van der Waals surface area contributed by atoms with Gasteiger partial charge in [0, 0.05) is 10.7 Å². The Labute approximate surface area is 141 Å². The fraction of sp³-hybridized carbons (Fsp3) is 0.625. The minimum Gasteiger partial charge on any atom is -0.373 e. The van der Waals surface area contributed by atoms with E-state index in [9.17, 15) is 19.5 Å². The molecule has 1 aromatic carbocycles. The van der Waals surface area contributed by atoms with Crippen LogP contribution in [0.25, 0.3) is 0 Å². The summed E-state index contributed by atoms with van der Waals surface area (Å²) in [5, 5.41) is 9.49. The predicted octanol–water partition coefficient (Wildman–Crippen LogP) is 4.25. The van der Waals surface area contributed by atoms with E-state index in [0.29, 0.717) is 10.9 Å². The molecule has 0 aliphatic rings. The molecule has 0 aliphatic carbocycles. The van der Waals surface area contributed by atoms with Crippen molar-refractivity contribution in [1.82, 2.24) is 0 Å². The lowest BCUT2D eigenvalue weighted by atomic mass is 9.75. The van der Waals surface area contributed by atoms with Gasteiger partial charge in [0.2, 0.25) is 0 Å². The second-order valence-electron chi connectivity index (χ2n) is 7.73. The topological polar surface area (TPSA) is 77.8 Å². The molecule has 3 N–H and O–H groups in total. The average molecular weight is 393 g/mol. The summed E-state index contributed by atoms with van der Waals surface area (Å²) in [7, 11) is -4.81. The smallest absolute Gasteiger partial charge is 0.361 e. The molecule has 1 rings (SSSR count). The van der Waals surface area contributed by atoms with Gasteiger partial charge in [0.15, 0.2) is 5.34 Å². The summed E-state index contributed by atoms with van der Waals surface area (Å²) in [4.78, 5) is 19.8. The lowest BCUT2D eigenvalue weighted by Gasteiger charge is -2.43. The Morgan fingerprint density at radius 3 is 1.86 bits per heavy atom. The molecule has 0 radical (unpaired) electrons. The molecule has 0 bridgehead atoms. The van der Waals surface area contributed by atoms with Crippen LogP contribution >= 0.6 is 23.5 Å². The van der Waals surface area contributed by atoms with Gasteiger partial charge >= 0.3 is 7.60 Å². The van der Waals surface area contributed by atoms with Gasteiger partial charge in [-0.05, 0) is 22.1 Å². The number of rotatable bonds is 3. The fourth-order valence-corrected chi connectivity index (χ4v) is 4.33. The van der Waals surface area contributed by atoms with E-state index in [2.05, 4.69) is 15.9 Å². The third kappa shape index (κ3) is 3.49. The zero-order valence-electron chi connectivity index (χ0n) is 14.0. The minimum atomic E-state index is -4.81. The highest BCUT2D eigenvalue weighted by atomic mass is 79.9. The van der Waals surface area contributed by atoms with E-state index in [4.69, 9.17) is 0 Å². The Bertz CT molecular complexity index is 595. The average Bonchev–Trinajstić information content (AvgIpc) is 2.33. The highest BCUT2D eigenvalue weighted by Crippen LogP contribution is 2.64. The molecule has 1 atom stereocenters. The first kappa shape index (κ1) is 19.9. The summed E-state index contributed by atoms with van der Waals surface area (Å²) in [6.07, 6.45) is 0. The van der Waals surface area contributed by atoms with Gasteiger partial charge in [-0.25, -0.2) is 0 Å². The first-order chi connectivity index (χ1) is 9.66. The van der Waals surface area contributed by atoms with Gasteiger partial charge < -0.3 is 14.9 Å². The molecule has 6 heteroatoms. The van der Waals surface area contributed by atoms with Crippen LogP contribution in [0.4, 0.5) is 0 Å². The van der Waals surface area contributed by atoms with Crippen LogP contribution in [0.15, 0.2) is 18.2 Å². The Morgan fingerprint density at radius 2 is 1.55 bits per heavy atom. The van der Waals surface area contributed by atoms with Crippen molar-refractivity contribution in [2.75, 3.05) is 0 Å². The van der Waals surface area contributed by atoms with E-state index in [1.165, 1.54) is 0 Å². The summed E-state index contributed by atoms with van der Waals surface area (Å²) in [5.41, 5.74) is 0.649. The van der Waals surface area contributed by atoms with Gasteiger partial charge in [0.05, 0.1) is 0 Å². The van der Waals surface area contributed by atoms with E-state index in [-0.39, 0.29) is 5.41 Å². The molecule has 4 nitrogen and oxygen atoms in total. The highest BCUT2D eigenvalue weighted by Gasteiger charge is 2.56. The monoisotopic (exact) mass is 392 g/mol. The quantitative estimate of drug-likeness (QED) is 0.530. The molecule has 126 valence electrons. The summed E-state index contributed by atoms with van der Waals surface area (Å²) < 4.78 is 12.2. The molecule has 0 saturated carbocycles. The van der Waals surface area contributed by atoms with Crippen LogP contribution in [-0.4, -0.2) is 14.9 Å². The lowest BCUT2D eigenvalue weighted by Crippen LogP contribution is -2.41. The Morgan fingerprint density at radius 1 is 1.05 bits per heavy atom. The third-order valence-electron chi connectivity index (χ3n) is 3.89. The van der Waals surface area contributed by atoms with Gasteiger partial charge in [0.1, 0.15) is 0 Å². The number of hydrogen-bond acceptors (Lipinski definition) is 2. The van der Waals surface area contributed by atoms with Crippen LogP contribution in [0.2, 0.25) is 0 Å². The Hall–Kier alpha value is -0.190. The van der Waals surface area contributed by atoms with Crippen molar-refractivity contribution in [2.24, 2.45) is 5.41 Å². The minimum absolute atomic E-state index is 0.297. The number of halogens is 1. The van der Waals surface area contributed by atoms with E-state index in [1.807, 2.05) is 26.8 Å². The maximum absolute atomic E-state index is 12.2. The van der Waals surface area contributed by atoms with Crippen LogP contribution in [0.1, 0.15) is 58.2 Å². The molecule has 0 fully saturated rings. The van der Waals surface area contributed by atoms with Gasteiger partial charge in [-0.15, -0.1) is 0 Å². The first-order valence-electron chi connectivity index (χ1n) is 7.14. The van der Waals surface area contributed by atoms with E-state index < -0.39 is 18.4 Å². The normalized spacial score (nSPS) is 16.5. The second-order valence-corrected chi connectivity index (χ2v) is 10.0. The molecule has 0 spiro atoms. The molecule has 0 saturated heterocycles. The molecule has 0 heterocycles. The second kappa shape index (κ2) is 6.03. The highest BCUT2D eigenvalue weighted by molar-refractivity contribution is 9.08. The molecular weight excluding hydrogens is 367 g/mol. The van der Waals surface area contributed by atoms with Crippen LogP contribution in [0.3, 0.4) is 0 Å². The van der Waals surface area contributed by atoms with Crippen LogP contribution in [-0.2, 0) is 20.7 Å². The Balaban J connectivity index is 3.83. The molecule has 0 aliphatic heterocycles. The Kier molecular flexibility index (Phi) is 5.44. The van der Waals surface area contributed by atoms with Crippen molar-refractivity contribution >= 4 is 23.5 Å². The van der Waals surface area contributed by atoms with Crippen molar-refractivity contribution in [3.63, 3.8) is 0 Å². The fourth-order valence-electron chi connectivity index (χ4n) is 2.60. The predicted molar refractivity (Wildman–Crippen MR) is 93.2 cm³/mol. The number of hydrogen-bond donors (Lipinski definition) is 3. The van der Waals surface area contributed by atoms with Crippen LogP contribution in [0, 0.1) is 5.41 Å². The van der Waals surface area contributed by atoms with Crippen molar-refractivity contribution < 1.29 is 19.5 Å². The van der Waals surface area contributed by atoms with Crippen molar-refractivity contribution in [3.05, 3.63) is 34.9 Å². The molecular formula is C16H26BrO4P. The molecule has 1 unspecified atom stereocenters. The number of alkyl halides is 1. The summed E-state index contributed by atoms with van der Waals surface area (Å²) in [5.74, 6) is 0. The largest absolute Gasteiger partial charge is 0.373 e. The standard InChI is InChI=1S/C16H26BrO4P/c1-14(2,3)13-9-11(10-17)7-8-12(13)16(18,15(4,5)6)22(19,20)21/h7-9,18H,10H2,1-6H3,(H2,19,20,21). The van der Waals surface area contributed by atoms with E-state index in [1.54, 1.807) is 32.9 Å². The van der Waals surface area contributed by atoms with E-state index in [0.717, 1.165) is 11.1 Å². The van der Waals surface area contributed by atoms with Gasteiger partial charge in [-0.2, -0.15) is 0 Å². The number of benzene rings is 1. The third-order valence-corrected chi connectivity index (χ3v) is 6.29.